The van der Waals surface area contributed by atoms with Crippen molar-refractivity contribution in [2.24, 2.45) is 5.10 Å². The number of hydrazone groups is 1. The van der Waals surface area contributed by atoms with Gasteiger partial charge in [0, 0.05) is 5.56 Å². The highest BCUT2D eigenvalue weighted by Gasteiger charge is 2.20. The van der Waals surface area contributed by atoms with Crippen LogP contribution < -0.4 is 15.7 Å². The van der Waals surface area contributed by atoms with E-state index in [0.717, 1.165) is 15.8 Å². The summed E-state index contributed by atoms with van der Waals surface area (Å²) in [6, 6.07) is 16.1. The molecule has 0 aliphatic heterocycles. The van der Waals surface area contributed by atoms with Crippen LogP contribution in [0.25, 0.3) is 5.69 Å². The third-order valence-electron chi connectivity index (χ3n) is 4.38. The van der Waals surface area contributed by atoms with Crippen LogP contribution in [0.3, 0.4) is 0 Å². The molecule has 0 unspecified atom stereocenters. The van der Waals surface area contributed by atoms with Crippen LogP contribution in [-0.4, -0.2) is 29.0 Å². The number of carbonyl (C=O) groups excluding carboxylic acids is 1. The molecule has 0 radical (unpaired) electrons. The predicted octanol–water partition coefficient (Wildman–Crippen LogP) is 2.49. The van der Waals surface area contributed by atoms with E-state index in [2.05, 4.69) is 15.6 Å². The lowest BCUT2D eigenvalue weighted by atomic mass is 10.1. The van der Waals surface area contributed by atoms with Crippen molar-refractivity contribution in [2.75, 3.05) is 7.11 Å². The van der Waals surface area contributed by atoms with Crippen LogP contribution in [0, 0.1) is 25.2 Å². The van der Waals surface area contributed by atoms with Crippen molar-refractivity contribution in [2.45, 2.75) is 13.8 Å². The molecule has 0 aliphatic carbocycles. The zero-order chi connectivity index (χ0) is 21.7. The molecule has 1 amide bonds. The van der Waals surface area contributed by atoms with Crippen LogP contribution >= 0.6 is 0 Å². The maximum Gasteiger partial charge on any atom is 0.292 e. The van der Waals surface area contributed by atoms with Gasteiger partial charge in [0.2, 0.25) is 0 Å². The Kier molecular flexibility index (Phi) is 6.03. The van der Waals surface area contributed by atoms with E-state index in [0.29, 0.717) is 11.4 Å². The Hall–Kier alpha value is -4.25. The van der Waals surface area contributed by atoms with Gasteiger partial charge in [0.1, 0.15) is 17.4 Å². The molecule has 0 saturated heterocycles. The van der Waals surface area contributed by atoms with Crippen molar-refractivity contribution in [3.63, 3.8) is 0 Å². The summed E-state index contributed by atoms with van der Waals surface area (Å²) in [7, 11) is 1.56. The third-order valence-corrected chi connectivity index (χ3v) is 4.38. The molecule has 1 heterocycles. The van der Waals surface area contributed by atoms with E-state index in [4.69, 9.17) is 4.74 Å². The zero-order valence-corrected chi connectivity index (χ0v) is 16.7. The van der Waals surface area contributed by atoms with E-state index in [1.54, 1.807) is 49.6 Å². The van der Waals surface area contributed by atoms with E-state index in [1.807, 2.05) is 19.1 Å². The van der Waals surface area contributed by atoms with Crippen molar-refractivity contribution < 1.29 is 9.53 Å². The van der Waals surface area contributed by atoms with E-state index >= 15 is 0 Å². The minimum absolute atomic E-state index is 0.0598. The number of carbonyl (C=O) groups is 1. The minimum Gasteiger partial charge on any atom is -0.497 e. The van der Waals surface area contributed by atoms with Crippen molar-refractivity contribution in [1.29, 1.82) is 5.26 Å². The SMILES string of the molecule is COc1cccc(/C=N/NC(=O)c2nn(-c3cccc(C)c3)c(=O)c(C#N)c2C)c1. The van der Waals surface area contributed by atoms with E-state index < -0.39 is 11.5 Å². The molecule has 30 heavy (non-hydrogen) atoms. The molecule has 1 aromatic heterocycles. The number of amides is 1. The second kappa shape index (κ2) is 8.84. The topological polar surface area (TPSA) is 109 Å². The van der Waals surface area contributed by atoms with Crippen LogP contribution in [-0.2, 0) is 0 Å². The van der Waals surface area contributed by atoms with Gasteiger partial charge in [-0.1, -0.05) is 24.3 Å². The number of ether oxygens (including phenoxy) is 1. The number of hydrogen-bond acceptors (Lipinski definition) is 6. The average molecular weight is 401 g/mol. The highest BCUT2D eigenvalue weighted by molar-refractivity contribution is 5.94. The number of hydrogen-bond donors (Lipinski definition) is 1. The van der Waals surface area contributed by atoms with Gasteiger partial charge in [0.25, 0.3) is 11.5 Å². The monoisotopic (exact) mass is 401 g/mol. The first-order chi connectivity index (χ1) is 14.4. The summed E-state index contributed by atoms with van der Waals surface area (Å²) >= 11 is 0. The van der Waals surface area contributed by atoms with Crippen LogP contribution in [0.4, 0.5) is 0 Å². The molecular formula is C22H19N5O3. The molecule has 0 fully saturated rings. The fourth-order valence-corrected chi connectivity index (χ4v) is 2.83. The molecule has 8 nitrogen and oxygen atoms in total. The summed E-state index contributed by atoms with van der Waals surface area (Å²) in [5.74, 6) is 0.0243. The molecule has 8 heteroatoms. The van der Waals surface area contributed by atoms with Crippen molar-refractivity contribution in [3.8, 4) is 17.5 Å². The first-order valence-corrected chi connectivity index (χ1v) is 9.03. The first kappa shape index (κ1) is 20.5. The molecule has 0 saturated carbocycles. The van der Waals surface area contributed by atoms with Gasteiger partial charge in [0.15, 0.2) is 5.69 Å². The lowest BCUT2D eigenvalue weighted by Gasteiger charge is -2.11. The van der Waals surface area contributed by atoms with Gasteiger partial charge in [-0.05, 0) is 49.2 Å². The second-order valence-corrected chi connectivity index (χ2v) is 6.49. The Labute approximate surface area is 173 Å². The number of methoxy groups -OCH3 is 1. The lowest BCUT2D eigenvalue weighted by molar-refractivity contribution is 0.0947. The van der Waals surface area contributed by atoms with Gasteiger partial charge < -0.3 is 4.74 Å². The van der Waals surface area contributed by atoms with Gasteiger partial charge in [-0.3, -0.25) is 9.59 Å². The fourth-order valence-electron chi connectivity index (χ4n) is 2.83. The standard InChI is InChI=1S/C22H19N5O3/c1-14-6-4-8-17(10-14)27-22(29)19(12-23)15(2)20(26-27)21(28)25-24-13-16-7-5-9-18(11-16)30-3/h4-11,13H,1-3H3,(H,25,28)/b24-13+. The average Bonchev–Trinajstić information content (AvgIpc) is 2.74. The molecule has 0 spiro atoms. The number of rotatable bonds is 5. The predicted molar refractivity (Wildman–Crippen MR) is 112 cm³/mol. The van der Waals surface area contributed by atoms with Gasteiger partial charge in [-0.25, -0.2) is 5.43 Å². The fraction of sp³-hybridized carbons (Fsp3) is 0.136. The molecule has 3 rings (SSSR count). The van der Waals surface area contributed by atoms with Crippen LogP contribution in [0.2, 0.25) is 0 Å². The second-order valence-electron chi connectivity index (χ2n) is 6.49. The molecule has 2 aromatic carbocycles. The maximum atomic E-state index is 12.7. The molecule has 0 bridgehead atoms. The van der Waals surface area contributed by atoms with E-state index in [9.17, 15) is 14.9 Å². The van der Waals surface area contributed by atoms with Crippen LogP contribution in [0.5, 0.6) is 5.75 Å². The Morgan fingerprint density at radius 1 is 1.23 bits per heavy atom. The Morgan fingerprint density at radius 3 is 2.70 bits per heavy atom. The summed E-state index contributed by atoms with van der Waals surface area (Å²) < 4.78 is 6.20. The molecule has 1 N–H and O–H groups in total. The van der Waals surface area contributed by atoms with Gasteiger partial charge >= 0.3 is 0 Å². The normalized spacial score (nSPS) is 10.6. The maximum absolute atomic E-state index is 12.7. The highest BCUT2D eigenvalue weighted by atomic mass is 16.5. The van der Waals surface area contributed by atoms with E-state index in [-0.39, 0.29) is 16.8 Å². The summed E-state index contributed by atoms with van der Waals surface area (Å²) in [6.07, 6.45) is 1.46. The summed E-state index contributed by atoms with van der Waals surface area (Å²) in [5, 5.41) is 17.6. The molecule has 150 valence electrons. The third kappa shape index (κ3) is 4.25. The molecule has 0 atom stereocenters. The van der Waals surface area contributed by atoms with Gasteiger partial charge in [0.05, 0.1) is 19.0 Å². The van der Waals surface area contributed by atoms with Crippen LogP contribution in [0.15, 0.2) is 58.4 Å². The first-order valence-electron chi connectivity index (χ1n) is 9.03. The summed E-state index contributed by atoms with van der Waals surface area (Å²) in [6.45, 7) is 3.38. The van der Waals surface area contributed by atoms with Gasteiger partial charge in [-0.2, -0.15) is 20.1 Å². The summed E-state index contributed by atoms with van der Waals surface area (Å²) in [4.78, 5) is 25.3. The van der Waals surface area contributed by atoms with Crippen molar-refractivity contribution >= 4 is 12.1 Å². The quantitative estimate of drug-likeness (QED) is 0.522. The smallest absolute Gasteiger partial charge is 0.292 e. The largest absolute Gasteiger partial charge is 0.497 e. The Bertz CT molecular complexity index is 1240. The van der Waals surface area contributed by atoms with E-state index in [1.165, 1.54) is 13.1 Å². The number of aryl methyl sites for hydroxylation is 1. The minimum atomic E-state index is -0.635. The van der Waals surface area contributed by atoms with Crippen molar-refractivity contribution in [3.05, 3.63) is 86.8 Å². The number of nitrogens with one attached hydrogen (secondary N) is 1. The number of nitriles is 1. The van der Waals surface area contributed by atoms with Crippen molar-refractivity contribution in [1.82, 2.24) is 15.2 Å². The number of benzene rings is 2. The van der Waals surface area contributed by atoms with Gasteiger partial charge in [-0.15, -0.1) is 0 Å². The zero-order valence-electron chi connectivity index (χ0n) is 16.7. The molecular weight excluding hydrogens is 382 g/mol. The summed E-state index contributed by atoms with van der Waals surface area (Å²) in [5.41, 5.74) is 3.89. The lowest BCUT2D eigenvalue weighted by Crippen LogP contribution is -2.31. The molecule has 0 aliphatic rings. The number of aromatic nitrogens is 2. The Morgan fingerprint density at radius 2 is 2.00 bits per heavy atom. The highest BCUT2D eigenvalue weighted by Crippen LogP contribution is 2.12. The Balaban J connectivity index is 1.95. The van der Waals surface area contributed by atoms with Crippen LogP contribution in [0.1, 0.15) is 32.7 Å². The molecule has 3 aromatic rings. The number of nitrogens with zero attached hydrogens (tertiary/aromatic N) is 4.